The van der Waals surface area contributed by atoms with Crippen molar-refractivity contribution in [3.05, 3.63) is 34.9 Å². The molecule has 0 saturated heterocycles. The number of carbonyl (C=O) groups excluding carboxylic acids is 1. The van der Waals surface area contributed by atoms with Gasteiger partial charge in [-0.25, -0.2) is 4.79 Å². The number of nitrogens with one attached hydrogen (secondary N) is 1. The minimum Gasteiger partial charge on any atom is -0.480 e. The van der Waals surface area contributed by atoms with Gasteiger partial charge in [0.15, 0.2) is 0 Å². The number of amides is 1. The fourth-order valence-electron chi connectivity index (χ4n) is 2.29. The highest BCUT2D eigenvalue weighted by molar-refractivity contribution is 6.30. The molecule has 0 aromatic heterocycles. The first-order valence-electron chi connectivity index (χ1n) is 6.51. The van der Waals surface area contributed by atoms with Crippen LogP contribution in [-0.4, -0.2) is 29.2 Å². The van der Waals surface area contributed by atoms with Crippen LogP contribution in [0.1, 0.15) is 24.8 Å². The van der Waals surface area contributed by atoms with Gasteiger partial charge >= 0.3 is 12.1 Å². The fourth-order valence-corrected chi connectivity index (χ4v) is 2.48. The molecule has 0 aliphatic heterocycles. The van der Waals surface area contributed by atoms with Crippen LogP contribution in [0.25, 0.3) is 0 Å². The van der Waals surface area contributed by atoms with Crippen LogP contribution in [0.3, 0.4) is 0 Å². The van der Waals surface area contributed by atoms with Gasteiger partial charge in [-0.15, -0.1) is 0 Å². The third-order valence-electron chi connectivity index (χ3n) is 3.60. The van der Waals surface area contributed by atoms with E-state index in [1.165, 1.54) is 0 Å². The number of benzene rings is 1. The Morgan fingerprint density at radius 2 is 2.00 bits per heavy atom. The third-order valence-corrected chi connectivity index (χ3v) is 3.84. The van der Waals surface area contributed by atoms with Gasteiger partial charge in [0.05, 0.1) is 11.8 Å². The molecule has 22 heavy (non-hydrogen) atoms. The number of alkyl halides is 3. The highest BCUT2D eigenvalue weighted by Gasteiger charge is 2.52. The Kier molecular flexibility index (Phi) is 4.37. The Labute approximate surface area is 129 Å². The van der Waals surface area contributed by atoms with E-state index in [1.807, 2.05) is 5.32 Å². The third kappa shape index (κ3) is 3.71. The topological polar surface area (TPSA) is 66.4 Å². The van der Waals surface area contributed by atoms with Crippen molar-refractivity contribution in [2.24, 2.45) is 0 Å². The van der Waals surface area contributed by atoms with E-state index < -0.39 is 35.9 Å². The second-order valence-electron chi connectivity index (χ2n) is 5.28. The van der Waals surface area contributed by atoms with Crippen molar-refractivity contribution in [1.29, 1.82) is 0 Å². The first-order chi connectivity index (χ1) is 10.1. The van der Waals surface area contributed by atoms with Crippen LogP contribution in [0.5, 0.6) is 0 Å². The predicted octanol–water partition coefficient (Wildman–Crippen LogP) is 2.89. The summed E-state index contributed by atoms with van der Waals surface area (Å²) < 4.78 is 37.1. The zero-order chi connectivity index (χ0) is 16.5. The van der Waals surface area contributed by atoms with Gasteiger partial charge in [-0.2, -0.15) is 13.2 Å². The Balaban J connectivity index is 2.15. The van der Waals surface area contributed by atoms with Gasteiger partial charge < -0.3 is 10.4 Å². The summed E-state index contributed by atoms with van der Waals surface area (Å²) in [5, 5.41) is 11.2. The molecule has 1 aliphatic carbocycles. The largest absolute Gasteiger partial charge is 0.480 e. The van der Waals surface area contributed by atoms with E-state index in [0.29, 0.717) is 23.4 Å². The van der Waals surface area contributed by atoms with Gasteiger partial charge in [0.25, 0.3) is 0 Å². The molecule has 1 aromatic rings. The van der Waals surface area contributed by atoms with Crippen LogP contribution in [0.2, 0.25) is 5.02 Å². The second-order valence-corrected chi connectivity index (χ2v) is 5.71. The van der Waals surface area contributed by atoms with Gasteiger partial charge in [-0.1, -0.05) is 23.7 Å². The SMILES string of the molecule is O=C(O)C(CC(F)(F)F)NC(=O)C1(c2cccc(Cl)c2)CC1. The molecule has 1 amide bonds. The van der Waals surface area contributed by atoms with Gasteiger partial charge in [0.1, 0.15) is 6.04 Å². The van der Waals surface area contributed by atoms with Crippen molar-refractivity contribution in [1.82, 2.24) is 5.32 Å². The minimum absolute atomic E-state index is 0.404. The van der Waals surface area contributed by atoms with Crippen LogP contribution in [-0.2, 0) is 15.0 Å². The number of carboxylic acids is 1. The average Bonchev–Trinajstić information content (AvgIpc) is 3.17. The monoisotopic (exact) mass is 335 g/mol. The zero-order valence-corrected chi connectivity index (χ0v) is 12.0. The Hall–Kier alpha value is -1.76. The molecule has 120 valence electrons. The van der Waals surface area contributed by atoms with E-state index in [9.17, 15) is 22.8 Å². The molecule has 0 heterocycles. The molecular formula is C14H13ClF3NO3. The lowest BCUT2D eigenvalue weighted by molar-refractivity contribution is -0.160. The molecule has 2 rings (SSSR count). The normalized spacial score (nSPS) is 17.6. The lowest BCUT2D eigenvalue weighted by Gasteiger charge is -2.21. The van der Waals surface area contributed by atoms with Crippen molar-refractivity contribution < 1.29 is 27.9 Å². The van der Waals surface area contributed by atoms with E-state index in [1.54, 1.807) is 24.3 Å². The van der Waals surface area contributed by atoms with Crippen molar-refractivity contribution in [3.63, 3.8) is 0 Å². The molecule has 2 N–H and O–H groups in total. The number of aliphatic carboxylic acids is 1. The Morgan fingerprint density at radius 1 is 1.36 bits per heavy atom. The predicted molar refractivity (Wildman–Crippen MR) is 72.6 cm³/mol. The molecule has 1 fully saturated rings. The number of rotatable bonds is 5. The first kappa shape index (κ1) is 16.6. The molecule has 0 spiro atoms. The molecule has 0 bridgehead atoms. The average molecular weight is 336 g/mol. The standard InChI is InChI=1S/C14H13ClF3NO3/c15-9-3-1-2-8(6-9)13(4-5-13)12(22)19-10(11(20)21)7-14(16,17)18/h1-3,6,10H,4-5,7H2,(H,19,22)(H,20,21). The van der Waals surface area contributed by atoms with Crippen molar-refractivity contribution in [2.75, 3.05) is 0 Å². The van der Waals surface area contributed by atoms with Crippen molar-refractivity contribution in [2.45, 2.75) is 36.9 Å². The number of carboxylic acid groups (broad SMARTS) is 1. The van der Waals surface area contributed by atoms with Crippen LogP contribution < -0.4 is 5.32 Å². The van der Waals surface area contributed by atoms with E-state index in [4.69, 9.17) is 16.7 Å². The number of halogens is 4. The lowest BCUT2D eigenvalue weighted by Crippen LogP contribution is -2.47. The molecule has 1 aromatic carbocycles. The molecule has 1 saturated carbocycles. The molecule has 0 radical (unpaired) electrons. The zero-order valence-electron chi connectivity index (χ0n) is 11.3. The Morgan fingerprint density at radius 3 is 2.45 bits per heavy atom. The summed E-state index contributed by atoms with van der Waals surface area (Å²) in [6.45, 7) is 0. The molecule has 1 unspecified atom stereocenters. The van der Waals surface area contributed by atoms with E-state index in [2.05, 4.69) is 0 Å². The highest BCUT2D eigenvalue weighted by atomic mass is 35.5. The summed E-state index contributed by atoms with van der Waals surface area (Å²) in [6, 6.07) is 4.47. The summed E-state index contributed by atoms with van der Waals surface area (Å²) in [7, 11) is 0. The minimum atomic E-state index is -4.68. The van der Waals surface area contributed by atoms with Gasteiger partial charge in [-0.3, -0.25) is 4.79 Å². The van der Waals surface area contributed by atoms with Crippen molar-refractivity contribution in [3.8, 4) is 0 Å². The van der Waals surface area contributed by atoms with Crippen LogP contribution >= 0.6 is 11.6 Å². The van der Waals surface area contributed by atoms with E-state index in [-0.39, 0.29) is 0 Å². The summed E-state index contributed by atoms with van der Waals surface area (Å²) in [5.41, 5.74) is -0.404. The quantitative estimate of drug-likeness (QED) is 0.869. The maximum Gasteiger partial charge on any atom is 0.391 e. The second kappa shape index (κ2) is 5.79. The van der Waals surface area contributed by atoms with Crippen molar-refractivity contribution >= 4 is 23.5 Å². The van der Waals surface area contributed by atoms with E-state index in [0.717, 1.165) is 0 Å². The van der Waals surface area contributed by atoms with E-state index >= 15 is 0 Å². The molecular weight excluding hydrogens is 323 g/mol. The summed E-state index contributed by atoms with van der Waals surface area (Å²) in [4.78, 5) is 23.2. The Bertz CT molecular complexity index is 599. The highest BCUT2D eigenvalue weighted by Crippen LogP contribution is 2.49. The number of hydrogen-bond acceptors (Lipinski definition) is 2. The molecule has 8 heteroatoms. The van der Waals surface area contributed by atoms with Crippen LogP contribution in [0, 0.1) is 0 Å². The van der Waals surface area contributed by atoms with Gasteiger partial charge in [0.2, 0.25) is 5.91 Å². The summed E-state index contributed by atoms with van der Waals surface area (Å²) in [6.07, 6.45) is -5.40. The number of hydrogen-bond donors (Lipinski definition) is 2. The fraction of sp³-hybridized carbons (Fsp3) is 0.429. The maximum atomic E-state index is 12.4. The number of carbonyl (C=O) groups is 2. The summed E-state index contributed by atoms with van der Waals surface area (Å²) >= 11 is 5.85. The first-order valence-corrected chi connectivity index (χ1v) is 6.88. The molecule has 1 atom stereocenters. The lowest BCUT2D eigenvalue weighted by atomic mass is 9.94. The van der Waals surface area contributed by atoms with Crippen LogP contribution in [0.15, 0.2) is 24.3 Å². The van der Waals surface area contributed by atoms with Gasteiger partial charge in [-0.05, 0) is 30.5 Å². The smallest absolute Gasteiger partial charge is 0.391 e. The van der Waals surface area contributed by atoms with Gasteiger partial charge in [0, 0.05) is 5.02 Å². The molecule has 1 aliphatic rings. The molecule has 4 nitrogen and oxygen atoms in total. The van der Waals surface area contributed by atoms with Crippen LogP contribution in [0.4, 0.5) is 13.2 Å². The maximum absolute atomic E-state index is 12.4. The summed E-state index contributed by atoms with van der Waals surface area (Å²) in [5.74, 6) is -2.43.